The summed E-state index contributed by atoms with van der Waals surface area (Å²) in [5, 5.41) is 11.7. The molecular formula is C17H23N3O5. The number of likely N-dealkylation sites (N-methyl/N-ethyl adjacent to an activating group) is 1. The highest BCUT2D eigenvalue weighted by Gasteiger charge is 2.30. The van der Waals surface area contributed by atoms with E-state index in [1.54, 1.807) is 17.9 Å². The zero-order valence-corrected chi connectivity index (χ0v) is 14.5. The highest BCUT2D eigenvalue weighted by atomic mass is 16.5. The second-order valence-corrected chi connectivity index (χ2v) is 6.00. The lowest BCUT2D eigenvalue weighted by Crippen LogP contribution is -2.48. The van der Waals surface area contributed by atoms with Crippen LogP contribution in [0.1, 0.15) is 30.3 Å². The van der Waals surface area contributed by atoms with Crippen molar-refractivity contribution in [1.82, 2.24) is 9.80 Å². The van der Waals surface area contributed by atoms with E-state index in [0.717, 1.165) is 0 Å². The molecule has 8 nitrogen and oxygen atoms in total. The second kappa shape index (κ2) is 8.46. The molecule has 8 heteroatoms. The van der Waals surface area contributed by atoms with Gasteiger partial charge in [0.1, 0.15) is 0 Å². The minimum Gasteiger partial charge on any atom is -0.618 e. The molecule has 136 valence electrons. The molecule has 0 bridgehead atoms. The van der Waals surface area contributed by atoms with E-state index in [1.165, 1.54) is 30.3 Å². The number of aromatic nitrogens is 1. The largest absolute Gasteiger partial charge is 0.618 e. The predicted octanol–water partition coefficient (Wildman–Crippen LogP) is 0.194. The zero-order chi connectivity index (χ0) is 18.4. The Hall–Kier alpha value is -2.64. The van der Waals surface area contributed by atoms with E-state index in [2.05, 4.69) is 0 Å². The number of amides is 2. The molecule has 2 rings (SSSR count). The first kappa shape index (κ1) is 18.7. The number of esters is 1. The van der Waals surface area contributed by atoms with Crippen molar-refractivity contribution in [3.8, 4) is 0 Å². The van der Waals surface area contributed by atoms with Crippen molar-refractivity contribution in [2.24, 2.45) is 5.92 Å². The van der Waals surface area contributed by atoms with Crippen LogP contribution in [0.25, 0.3) is 0 Å². The molecule has 1 fully saturated rings. The third-order valence-electron chi connectivity index (χ3n) is 4.16. The number of piperidine rings is 1. The monoisotopic (exact) mass is 349 g/mol. The van der Waals surface area contributed by atoms with Gasteiger partial charge in [0.15, 0.2) is 6.20 Å². The van der Waals surface area contributed by atoms with Crippen molar-refractivity contribution >= 4 is 17.8 Å². The number of hydrogen-bond acceptors (Lipinski definition) is 5. The van der Waals surface area contributed by atoms with Gasteiger partial charge >= 0.3 is 11.9 Å². The van der Waals surface area contributed by atoms with Gasteiger partial charge in [-0.2, -0.15) is 4.73 Å². The lowest BCUT2D eigenvalue weighted by atomic mass is 9.98. The smallest absolute Gasteiger partial charge is 0.320 e. The van der Waals surface area contributed by atoms with E-state index in [-0.39, 0.29) is 30.0 Å². The second-order valence-electron chi connectivity index (χ2n) is 6.00. The Morgan fingerprint density at radius 2 is 2.16 bits per heavy atom. The summed E-state index contributed by atoms with van der Waals surface area (Å²) < 4.78 is 5.49. The number of carbonyl (C=O) groups excluding carboxylic acids is 3. The van der Waals surface area contributed by atoms with Crippen LogP contribution in [-0.2, 0) is 14.3 Å². The third kappa shape index (κ3) is 4.68. The number of likely N-dealkylation sites (tertiary alicyclic amines) is 1. The van der Waals surface area contributed by atoms with Gasteiger partial charge in [-0.1, -0.05) is 0 Å². The molecule has 1 aromatic rings. The van der Waals surface area contributed by atoms with Crippen molar-refractivity contribution < 1.29 is 23.9 Å². The molecule has 2 amide bonds. The minimum atomic E-state index is -0.525. The van der Waals surface area contributed by atoms with Crippen molar-refractivity contribution in [2.45, 2.75) is 19.8 Å². The molecule has 0 aromatic carbocycles. The van der Waals surface area contributed by atoms with E-state index in [4.69, 9.17) is 4.74 Å². The molecule has 0 N–H and O–H groups in total. The van der Waals surface area contributed by atoms with E-state index in [9.17, 15) is 19.6 Å². The maximum absolute atomic E-state index is 12.5. The normalized spacial score (nSPS) is 17.0. The first-order chi connectivity index (χ1) is 11.9. The summed E-state index contributed by atoms with van der Waals surface area (Å²) in [6.45, 7) is 2.75. The molecule has 0 aliphatic carbocycles. The van der Waals surface area contributed by atoms with Gasteiger partial charge in [-0.15, -0.1) is 0 Å². The Balaban J connectivity index is 1.95. The highest BCUT2D eigenvalue weighted by Crippen LogP contribution is 2.18. The summed E-state index contributed by atoms with van der Waals surface area (Å²) in [4.78, 5) is 39.4. The molecular weight excluding hydrogens is 326 g/mol. The Morgan fingerprint density at radius 1 is 1.40 bits per heavy atom. The highest BCUT2D eigenvalue weighted by molar-refractivity contribution is 5.93. The fourth-order valence-corrected chi connectivity index (χ4v) is 2.82. The number of pyridine rings is 1. The quantitative estimate of drug-likeness (QED) is 0.430. The summed E-state index contributed by atoms with van der Waals surface area (Å²) in [5.41, 5.74) is -0.0409. The first-order valence-electron chi connectivity index (χ1n) is 8.32. The SMILES string of the molecule is CCOC(=O)[C@@H]1CCCN(C(=O)CN(C)C(=O)c2cccc[n+]2[O-])C1. The van der Waals surface area contributed by atoms with Crippen LogP contribution in [0, 0.1) is 11.1 Å². The van der Waals surface area contributed by atoms with Crippen molar-refractivity contribution in [2.75, 3.05) is 33.3 Å². The number of rotatable bonds is 5. The Bertz CT molecular complexity index is 649. The molecule has 2 heterocycles. The summed E-state index contributed by atoms with van der Waals surface area (Å²) in [6, 6.07) is 4.53. The predicted molar refractivity (Wildman–Crippen MR) is 88.3 cm³/mol. The van der Waals surface area contributed by atoms with Crippen LogP contribution in [0.4, 0.5) is 0 Å². The van der Waals surface area contributed by atoms with Crippen molar-refractivity contribution in [3.63, 3.8) is 0 Å². The van der Waals surface area contributed by atoms with Crippen LogP contribution >= 0.6 is 0 Å². The van der Waals surface area contributed by atoms with E-state index in [1.807, 2.05) is 0 Å². The van der Waals surface area contributed by atoms with Crippen LogP contribution in [0.15, 0.2) is 24.4 Å². The maximum atomic E-state index is 12.5. The lowest BCUT2D eigenvalue weighted by Gasteiger charge is -2.32. The molecule has 1 atom stereocenters. The van der Waals surface area contributed by atoms with Gasteiger partial charge in [-0.25, -0.2) is 0 Å². The Labute approximate surface area is 146 Å². The number of hydrogen-bond donors (Lipinski definition) is 0. The van der Waals surface area contributed by atoms with Crippen LogP contribution in [0.3, 0.4) is 0 Å². The topological polar surface area (TPSA) is 93.9 Å². The van der Waals surface area contributed by atoms with Gasteiger partial charge < -0.3 is 19.7 Å². The van der Waals surface area contributed by atoms with Crippen LogP contribution in [0.5, 0.6) is 0 Å². The maximum Gasteiger partial charge on any atom is 0.320 e. The molecule has 0 spiro atoms. The molecule has 1 aliphatic rings. The van der Waals surface area contributed by atoms with Crippen molar-refractivity contribution in [1.29, 1.82) is 0 Å². The fraction of sp³-hybridized carbons (Fsp3) is 0.529. The van der Waals surface area contributed by atoms with Gasteiger partial charge in [0.25, 0.3) is 5.69 Å². The summed E-state index contributed by atoms with van der Waals surface area (Å²) >= 11 is 0. The van der Waals surface area contributed by atoms with Crippen LogP contribution in [-0.4, -0.2) is 60.9 Å². The standard InChI is InChI=1S/C17H23N3O5/c1-3-25-17(23)13-7-6-9-19(11-13)15(21)12-18(2)16(22)14-8-4-5-10-20(14)24/h4-5,8,10,13H,3,6-7,9,11-12H2,1-2H3/t13-/m1/s1. The van der Waals surface area contributed by atoms with E-state index >= 15 is 0 Å². The average Bonchev–Trinajstić information content (AvgIpc) is 2.61. The van der Waals surface area contributed by atoms with E-state index in [0.29, 0.717) is 37.3 Å². The Kier molecular flexibility index (Phi) is 6.32. The molecule has 0 unspecified atom stereocenters. The average molecular weight is 349 g/mol. The lowest BCUT2D eigenvalue weighted by molar-refractivity contribution is -0.608. The number of ether oxygens (including phenoxy) is 1. The summed E-state index contributed by atoms with van der Waals surface area (Å²) in [7, 11) is 1.47. The van der Waals surface area contributed by atoms with Gasteiger partial charge in [0.2, 0.25) is 5.91 Å². The molecule has 0 radical (unpaired) electrons. The Morgan fingerprint density at radius 3 is 2.84 bits per heavy atom. The van der Waals surface area contributed by atoms with Gasteiger partial charge in [-0.05, 0) is 25.8 Å². The van der Waals surface area contributed by atoms with E-state index < -0.39 is 5.91 Å². The molecule has 1 aromatic heterocycles. The summed E-state index contributed by atoms with van der Waals surface area (Å²) in [6.07, 6.45) is 2.64. The minimum absolute atomic E-state index is 0.0409. The molecule has 1 saturated heterocycles. The fourth-order valence-electron chi connectivity index (χ4n) is 2.82. The third-order valence-corrected chi connectivity index (χ3v) is 4.16. The molecule has 0 saturated carbocycles. The van der Waals surface area contributed by atoms with Crippen molar-refractivity contribution in [3.05, 3.63) is 35.3 Å². The van der Waals surface area contributed by atoms with Crippen LogP contribution < -0.4 is 4.73 Å². The molecule has 25 heavy (non-hydrogen) atoms. The van der Waals surface area contributed by atoms with Gasteiger partial charge in [0, 0.05) is 32.3 Å². The summed E-state index contributed by atoms with van der Waals surface area (Å²) in [5.74, 6) is -1.39. The van der Waals surface area contributed by atoms with Gasteiger partial charge in [0.05, 0.1) is 19.1 Å². The van der Waals surface area contributed by atoms with Gasteiger partial charge in [-0.3, -0.25) is 14.4 Å². The molecule has 1 aliphatic heterocycles. The van der Waals surface area contributed by atoms with Crippen LogP contribution in [0.2, 0.25) is 0 Å². The zero-order valence-electron chi connectivity index (χ0n) is 14.5. The number of nitrogens with zero attached hydrogens (tertiary/aromatic N) is 3. The number of carbonyl (C=O) groups is 3. The first-order valence-corrected chi connectivity index (χ1v) is 8.32.